The summed E-state index contributed by atoms with van der Waals surface area (Å²) in [6.07, 6.45) is 4.70. The molecule has 5 nitrogen and oxygen atoms in total. The smallest absolute Gasteiger partial charge is 0.224 e. The summed E-state index contributed by atoms with van der Waals surface area (Å²) < 4.78 is 1.83. The first-order chi connectivity index (χ1) is 12.3. The van der Waals surface area contributed by atoms with Gasteiger partial charge in [-0.1, -0.05) is 29.8 Å². The normalized spacial score (nSPS) is 16.2. The molecule has 0 spiro atoms. The lowest BCUT2D eigenvalue weighted by Crippen LogP contribution is -2.13. The van der Waals surface area contributed by atoms with Gasteiger partial charge in [-0.2, -0.15) is 0 Å². The predicted octanol–water partition coefficient (Wildman–Crippen LogP) is 4.85. The summed E-state index contributed by atoms with van der Waals surface area (Å²) >= 11 is 6.03. The summed E-state index contributed by atoms with van der Waals surface area (Å²) in [5, 5.41) is 13.8. The molecule has 0 bridgehead atoms. The number of hydrogen-bond acceptors (Lipinski definition) is 4. The summed E-state index contributed by atoms with van der Waals surface area (Å²) in [4.78, 5) is 4.36. The first kappa shape index (κ1) is 15.7. The molecule has 0 amide bonds. The summed E-state index contributed by atoms with van der Waals surface area (Å²) in [6, 6.07) is 17.8. The molecule has 25 heavy (non-hydrogen) atoms. The summed E-state index contributed by atoms with van der Waals surface area (Å²) in [7, 11) is 0. The number of hydrogen-bond donors (Lipinski definition) is 1. The molecule has 3 aromatic rings. The molecule has 4 rings (SSSR count). The Bertz CT molecular complexity index is 952. The van der Waals surface area contributed by atoms with Crippen LogP contribution in [0.15, 0.2) is 71.1 Å². The molecule has 0 saturated heterocycles. The summed E-state index contributed by atoms with van der Waals surface area (Å²) in [6.45, 7) is 0.796. The number of benzene rings is 2. The van der Waals surface area contributed by atoms with Crippen LogP contribution < -0.4 is 5.32 Å². The van der Waals surface area contributed by atoms with Gasteiger partial charge in [0, 0.05) is 40.4 Å². The van der Waals surface area contributed by atoms with E-state index in [1.165, 1.54) is 0 Å². The van der Waals surface area contributed by atoms with E-state index in [1.54, 1.807) is 6.20 Å². The number of halogens is 1. The van der Waals surface area contributed by atoms with Gasteiger partial charge in [-0.25, -0.2) is 0 Å². The maximum Gasteiger partial charge on any atom is 0.224 e. The van der Waals surface area contributed by atoms with Crippen LogP contribution in [0.3, 0.4) is 0 Å². The quantitative estimate of drug-likeness (QED) is 0.668. The third-order valence-electron chi connectivity index (χ3n) is 4.09. The molecule has 124 valence electrons. The van der Waals surface area contributed by atoms with Crippen molar-refractivity contribution in [3.63, 3.8) is 0 Å². The maximum atomic E-state index is 6.03. The molecule has 1 unspecified atom stereocenters. The molecule has 0 fully saturated rings. The van der Waals surface area contributed by atoms with Gasteiger partial charge < -0.3 is 5.32 Å². The molecule has 6 heteroatoms. The topological polar surface area (TPSA) is 52.6 Å². The Hall–Kier alpha value is -2.79. The second-order valence-electron chi connectivity index (χ2n) is 5.84. The number of fused-ring (bicyclic) bond motifs is 1. The van der Waals surface area contributed by atoms with Gasteiger partial charge in [-0.05, 0) is 36.4 Å². The highest BCUT2D eigenvalue weighted by atomic mass is 35.5. The van der Waals surface area contributed by atoms with Crippen molar-refractivity contribution in [1.29, 1.82) is 0 Å². The fourth-order valence-corrected chi connectivity index (χ4v) is 2.99. The van der Waals surface area contributed by atoms with E-state index in [0.29, 0.717) is 5.02 Å². The zero-order valence-electron chi connectivity index (χ0n) is 13.5. The highest BCUT2D eigenvalue weighted by Gasteiger charge is 2.22. The van der Waals surface area contributed by atoms with E-state index in [-0.39, 0.29) is 6.04 Å². The Morgan fingerprint density at radius 1 is 1.08 bits per heavy atom. The zero-order valence-corrected chi connectivity index (χ0v) is 14.3. The Morgan fingerprint density at radius 2 is 1.96 bits per heavy atom. The van der Waals surface area contributed by atoms with E-state index in [2.05, 4.69) is 20.6 Å². The number of nitrogens with one attached hydrogen (secondary N) is 1. The molecule has 1 aliphatic heterocycles. The van der Waals surface area contributed by atoms with Gasteiger partial charge in [0.2, 0.25) is 6.04 Å². The molecule has 1 atom stereocenters. The van der Waals surface area contributed by atoms with E-state index < -0.39 is 0 Å². The minimum Gasteiger partial charge on any atom is -0.384 e. The van der Waals surface area contributed by atoms with E-state index in [1.807, 2.05) is 65.5 Å². The molecule has 2 aromatic carbocycles. The van der Waals surface area contributed by atoms with E-state index in [0.717, 1.165) is 35.2 Å². The fourth-order valence-electron chi connectivity index (χ4n) is 2.83. The van der Waals surface area contributed by atoms with Crippen molar-refractivity contribution >= 4 is 40.1 Å². The molecule has 1 aliphatic rings. The third kappa shape index (κ3) is 3.51. The number of pyridine rings is 1. The SMILES string of the molecule is Clc1ccc2c(NCCC3C=[N+](c4ccccc4)N=N3)ccnc2c1. The number of nitrogens with zero attached hydrogens (tertiary/aromatic N) is 4. The van der Waals surface area contributed by atoms with Crippen LogP contribution in [0.4, 0.5) is 11.4 Å². The average molecular weight is 351 g/mol. The first-order valence-corrected chi connectivity index (χ1v) is 8.55. The Balaban J connectivity index is 1.41. The van der Waals surface area contributed by atoms with Crippen LogP contribution in [-0.2, 0) is 0 Å². The molecule has 0 aliphatic carbocycles. The van der Waals surface area contributed by atoms with Crippen LogP contribution in [0.1, 0.15) is 6.42 Å². The Kier molecular flexibility index (Phi) is 4.39. The van der Waals surface area contributed by atoms with E-state index in [4.69, 9.17) is 11.6 Å². The molecular weight excluding hydrogens is 334 g/mol. The van der Waals surface area contributed by atoms with E-state index >= 15 is 0 Å². The van der Waals surface area contributed by atoms with Crippen molar-refractivity contribution in [3.05, 3.63) is 65.8 Å². The monoisotopic (exact) mass is 350 g/mol. The van der Waals surface area contributed by atoms with Crippen LogP contribution in [0, 0.1) is 0 Å². The van der Waals surface area contributed by atoms with Gasteiger partial charge in [-0.3, -0.25) is 4.98 Å². The molecule has 1 aromatic heterocycles. The second-order valence-corrected chi connectivity index (χ2v) is 6.27. The van der Waals surface area contributed by atoms with Gasteiger partial charge in [0.1, 0.15) is 11.4 Å². The highest BCUT2D eigenvalue weighted by molar-refractivity contribution is 6.31. The van der Waals surface area contributed by atoms with Crippen molar-refractivity contribution in [2.45, 2.75) is 12.5 Å². The summed E-state index contributed by atoms with van der Waals surface area (Å²) in [5.41, 5.74) is 2.97. The predicted molar refractivity (Wildman–Crippen MR) is 101 cm³/mol. The average Bonchev–Trinajstić information content (AvgIpc) is 3.11. The lowest BCUT2D eigenvalue weighted by molar-refractivity contribution is -0.444. The molecule has 0 saturated carbocycles. The second kappa shape index (κ2) is 6.99. The largest absolute Gasteiger partial charge is 0.384 e. The van der Waals surface area contributed by atoms with Crippen molar-refractivity contribution in [1.82, 2.24) is 4.98 Å². The van der Waals surface area contributed by atoms with Crippen LogP contribution >= 0.6 is 11.6 Å². The third-order valence-corrected chi connectivity index (χ3v) is 4.33. The van der Waals surface area contributed by atoms with Gasteiger partial charge in [0.15, 0.2) is 5.69 Å². The van der Waals surface area contributed by atoms with Crippen LogP contribution in [-0.4, -0.2) is 28.5 Å². The van der Waals surface area contributed by atoms with Crippen molar-refractivity contribution in [2.75, 3.05) is 11.9 Å². The molecular formula is C19H17ClN5+. The van der Waals surface area contributed by atoms with Gasteiger partial charge >= 0.3 is 0 Å². The minimum atomic E-state index is 0.0789. The first-order valence-electron chi connectivity index (χ1n) is 8.18. The summed E-state index contributed by atoms with van der Waals surface area (Å²) in [5.74, 6) is 0. The number of para-hydroxylation sites is 1. The fraction of sp³-hybridized carbons (Fsp3) is 0.158. The van der Waals surface area contributed by atoms with Crippen LogP contribution in [0.5, 0.6) is 0 Å². The highest BCUT2D eigenvalue weighted by Crippen LogP contribution is 2.24. The van der Waals surface area contributed by atoms with Crippen molar-refractivity contribution < 1.29 is 4.68 Å². The van der Waals surface area contributed by atoms with Gasteiger partial charge in [0.05, 0.1) is 5.52 Å². The Labute approximate surface area is 150 Å². The molecule has 2 heterocycles. The number of anilines is 1. The minimum absolute atomic E-state index is 0.0789. The number of aromatic nitrogens is 1. The molecule has 0 radical (unpaired) electrons. The Morgan fingerprint density at radius 3 is 2.84 bits per heavy atom. The number of rotatable bonds is 5. The van der Waals surface area contributed by atoms with Crippen molar-refractivity contribution in [3.8, 4) is 0 Å². The standard InChI is InChI=1S/C19H17ClN5/c20-14-6-7-17-18(9-11-22-19(17)12-14)21-10-8-15-13-25(24-23-15)16-4-2-1-3-5-16/h1-7,9,11-13,15H,8,10H2,(H,21,22)/q+1. The van der Waals surface area contributed by atoms with Gasteiger partial charge in [0.25, 0.3) is 0 Å². The van der Waals surface area contributed by atoms with Crippen molar-refractivity contribution in [2.24, 2.45) is 10.3 Å². The molecule has 1 N–H and O–H groups in total. The zero-order chi connectivity index (χ0) is 17.1. The van der Waals surface area contributed by atoms with Gasteiger partial charge in [-0.15, -0.1) is 4.68 Å². The van der Waals surface area contributed by atoms with Crippen LogP contribution in [0.2, 0.25) is 5.02 Å². The lowest BCUT2D eigenvalue weighted by atomic mass is 10.1. The lowest BCUT2D eigenvalue weighted by Gasteiger charge is -2.09. The van der Waals surface area contributed by atoms with E-state index in [9.17, 15) is 0 Å². The maximum absolute atomic E-state index is 6.03. The van der Waals surface area contributed by atoms with Crippen LogP contribution in [0.25, 0.3) is 10.9 Å².